The van der Waals surface area contributed by atoms with Crippen molar-refractivity contribution in [3.8, 4) is 5.75 Å². The van der Waals surface area contributed by atoms with Gasteiger partial charge in [0.25, 0.3) is 0 Å². The molecule has 2 saturated carbocycles. The number of unbranched alkanes of at least 4 members (excludes halogenated alkanes) is 2. The van der Waals surface area contributed by atoms with E-state index in [0.29, 0.717) is 24.1 Å². The summed E-state index contributed by atoms with van der Waals surface area (Å²) in [5.41, 5.74) is 2.84. The van der Waals surface area contributed by atoms with Crippen LogP contribution in [0.15, 0.2) is 30.4 Å². The smallest absolute Gasteiger partial charge is 0.490 e. The minimum Gasteiger partial charge on any atom is -0.490 e. The second-order valence-corrected chi connectivity index (χ2v) is 15.4. The Kier molecular flexibility index (Phi) is 14.4. The van der Waals surface area contributed by atoms with E-state index in [4.69, 9.17) is 22.8 Å². The normalized spacial score (nSPS) is 23.2. The van der Waals surface area contributed by atoms with Gasteiger partial charge in [-0.25, -0.2) is 4.79 Å². The lowest BCUT2D eigenvalue weighted by Crippen LogP contribution is -2.43. The van der Waals surface area contributed by atoms with Gasteiger partial charge in [0, 0.05) is 32.9 Å². The van der Waals surface area contributed by atoms with E-state index in [2.05, 4.69) is 31.7 Å². The van der Waals surface area contributed by atoms with Crippen LogP contribution in [0.3, 0.4) is 0 Å². The third kappa shape index (κ3) is 10.2. The van der Waals surface area contributed by atoms with E-state index in [1.807, 2.05) is 0 Å². The van der Waals surface area contributed by atoms with Crippen LogP contribution in [0, 0.1) is 17.8 Å². The first-order valence-corrected chi connectivity index (χ1v) is 18.0. The van der Waals surface area contributed by atoms with E-state index >= 15 is 0 Å². The minimum absolute atomic E-state index is 0.189. The maximum atomic E-state index is 11.8. The Morgan fingerprint density at radius 2 is 1.54 bits per heavy atom. The maximum Gasteiger partial charge on any atom is 0.500 e. The van der Waals surface area contributed by atoms with Crippen LogP contribution in [0.25, 0.3) is 0 Å². The molecule has 41 heavy (non-hydrogen) atoms. The van der Waals surface area contributed by atoms with Gasteiger partial charge < -0.3 is 22.8 Å². The second-order valence-electron chi connectivity index (χ2n) is 12.3. The van der Waals surface area contributed by atoms with Gasteiger partial charge in [-0.15, -0.1) is 0 Å². The number of aryl methyl sites for hydroxylation is 1. The zero-order valence-electron chi connectivity index (χ0n) is 26.5. The molecule has 2 aliphatic rings. The molecule has 232 valence electrons. The highest BCUT2D eigenvalue weighted by atomic mass is 28.4. The van der Waals surface area contributed by atoms with E-state index < -0.39 is 8.80 Å². The van der Waals surface area contributed by atoms with Crippen molar-refractivity contribution in [2.24, 2.45) is 17.8 Å². The first-order valence-electron chi connectivity index (χ1n) is 16.1. The van der Waals surface area contributed by atoms with Crippen molar-refractivity contribution < 1.29 is 27.5 Å². The summed E-state index contributed by atoms with van der Waals surface area (Å²) in [5.74, 6) is 3.85. The van der Waals surface area contributed by atoms with Crippen molar-refractivity contribution in [2.45, 2.75) is 109 Å². The molecule has 0 atom stereocenters. The van der Waals surface area contributed by atoms with Gasteiger partial charge in [0.15, 0.2) is 0 Å². The lowest BCUT2D eigenvalue weighted by atomic mass is 9.68. The molecule has 0 unspecified atom stereocenters. The molecule has 0 spiro atoms. The van der Waals surface area contributed by atoms with E-state index in [0.717, 1.165) is 35.5 Å². The fraction of sp³-hybridized carbons (Fsp3) is 0.735. The van der Waals surface area contributed by atoms with Crippen molar-refractivity contribution >= 4 is 14.8 Å². The van der Waals surface area contributed by atoms with Crippen molar-refractivity contribution in [1.29, 1.82) is 0 Å². The first-order chi connectivity index (χ1) is 19.8. The summed E-state index contributed by atoms with van der Waals surface area (Å²) >= 11 is 0. The predicted molar refractivity (Wildman–Crippen MR) is 167 cm³/mol. The zero-order valence-corrected chi connectivity index (χ0v) is 27.5. The number of esters is 1. The van der Waals surface area contributed by atoms with Crippen LogP contribution in [0.1, 0.15) is 108 Å². The van der Waals surface area contributed by atoms with Gasteiger partial charge in [-0.2, -0.15) is 0 Å². The molecule has 1 aromatic carbocycles. The molecule has 0 saturated heterocycles. The van der Waals surface area contributed by atoms with Crippen LogP contribution in [-0.2, 0) is 29.2 Å². The van der Waals surface area contributed by atoms with Gasteiger partial charge in [-0.1, -0.05) is 64.2 Å². The molecule has 0 amide bonds. The van der Waals surface area contributed by atoms with Gasteiger partial charge in [0.2, 0.25) is 0 Å². The second kappa shape index (κ2) is 17.4. The van der Waals surface area contributed by atoms with Gasteiger partial charge in [-0.3, -0.25) is 0 Å². The Morgan fingerprint density at radius 3 is 2.12 bits per heavy atom. The van der Waals surface area contributed by atoms with E-state index in [1.165, 1.54) is 82.6 Å². The first kappa shape index (κ1) is 33.8. The number of carbonyl (C=O) groups excluding carboxylic acids is 1. The topological polar surface area (TPSA) is 63.2 Å². The Hall–Kier alpha value is -1.67. The maximum absolute atomic E-state index is 11.8. The summed E-state index contributed by atoms with van der Waals surface area (Å²) in [6, 6.07) is 7.35. The largest absolute Gasteiger partial charge is 0.500 e. The molecule has 1 aromatic rings. The van der Waals surface area contributed by atoms with Crippen molar-refractivity contribution in [1.82, 2.24) is 0 Å². The highest BCUT2D eigenvalue weighted by Gasteiger charge is 2.37. The summed E-state index contributed by atoms with van der Waals surface area (Å²) in [4.78, 5) is 11.8. The molecule has 2 fully saturated rings. The van der Waals surface area contributed by atoms with E-state index in [1.54, 1.807) is 28.3 Å². The fourth-order valence-corrected chi connectivity index (χ4v) is 8.66. The standard InChI is InChI=1S/C34H56O6Si/c1-7-8-9-10-27-11-13-28(14-12-27)29-15-17-30(18-16-29)32-20-19-31(21-24-41(36-4,37-5)38-6)33(25-32)39-22-23-40-34(35)26(2)3/h19-20,25,27-30H,2,7-18,21-24H2,1,3-6H3. The van der Waals surface area contributed by atoms with E-state index in [-0.39, 0.29) is 12.6 Å². The van der Waals surface area contributed by atoms with Crippen LogP contribution in [-0.4, -0.2) is 49.3 Å². The van der Waals surface area contributed by atoms with Gasteiger partial charge in [0.05, 0.1) is 0 Å². The van der Waals surface area contributed by atoms with Crippen LogP contribution in [0.2, 0.25) is 6.04 Å². The molecule has 0 N–H and O–H groups in total. The average Bonchev–Trinajstić information content (AvgIpc) is 3.01. The zero-order chi connectivity index (χ0) is 29.7. The molecular weight excluding hydrogens is 532 g/mol. The summed E-state index contributed by atoms with van der Waals surface area (Å²) in [6.45, 7) is 8.08. The predicted octanol–water partition coefficient (Wildman–Crippen LogP) is 8.27. The Bertz CT molecular complexity index is 921. The molecule has 0 aromatic heterocycles. The van der Waals surface area contributed by atoms with E-state index in [9.17, 15) is 4.79 Å². The number of rotatable bonds is 17. The summed E-state index contributed by atoms with van der Waals surface area (Å²) in [7, 11) is 2.23. The number of benzene rings is 1. The molecule has 0 radical (unpaired) electrons. The fourth-order valence-electron chi connectivity index (χ4n) is 6.97. The minimum atomic E-state index is -2.71. The SMILES string of the molecule is C=C(C)C(=O)OCCOc1cc(C2CCC(C3CCC(CCCCC)CC3)CC2)ccc1CC[Si](OC)(OC)OC. The number of hydrogen-bond acceptors (Lipinski definition) is 6. The third-order valence-electron chi connectivity index (χ3n) is 9.66. The molecule has 0 aliphatic heterocycles. The number of hydrogen-bond donors (Lipinski definition) is 0. The lowest BCUT2D eigenvalue weighted by molar-refractivity contribution is -0.139. The highest BCUT2D eigenvalue weighted by molar-refractivity contribution is 6.60. The third-order valence-corrected chi connectivity index (χ3v) is 12.4. The van der Waals surface area contributed by atoms with Crippen molar-refractivity contribution in [3.05, 3.63) is 41.5 Å². The van der Waals surface area contributed by atoms with Crippen molar-refractivity contribution in [3.63, 3.8) is 0 Å². The number of ether oxygens (including phenoxy) is 2. The summed E-state index contributed by atoms with van der Waals surface area (Å²) in [5, 5.41) is 0. The van der Waals surface area contributed by atoms with Gasteiger partial charge >= 0.3 is 14.8 Å². The van der Waals surface area contributed by atoms with Crippen molar-refractivity contribution in [2.75, 3.05) is 34.5 Å². The molecule has 3 rings (SSSR count). The van der Waals surface area contributed by atoms with Crippen LogP contribution < -0.4 is 4.74 Å². The molecule has 0 bridgehead atoms. The molecule has 6 nitrogen and oxygen atoms in total. The van der Waals surface area contributed by atoms with Gasteiger partial charge in [-0.05, 0) is 92.7 Å². The number of carbonyl (C=O) groups is 1. The van der Waals surface area contributed by atoms with Gasteiger partial charge in [0.1, 0.15) is 19.0 Å². The van der Waals surface area contributed by atoms with Crippen LogP contribution in [0.5, 0.6) is 5.75 Å². The summed E-state index contributed by atoms with van der Waals surface area (Å²) in [6.07, 6.45) is 17.3. The van der Waals surface area contributed by atoms with Crippen LogP contribution in [0.4, 0.5) is 0 Å². The Morgan fingerprint density at radius 1 is 0.902 bits per heavy atom. The molecule has 7 heteroatoms. The van der Waals surface area contributed by atoms with Crippen LogP contribution >= 0.6 is 0 Å². The molecule has 0 heterocycles. The Labute approximate surface area is 250 Å². The summed E-state index contributed by atoms with van der Waals surface area (Å²) < 4.78 is 28.4. The average molecular weight is 589 g/mol. The quantitative estimate of drug-likeness (QED) is 0.0790. The lowest BCUT2D eigenvalue weighted by Gasteiger charge is -2.38. The molecular formula is C34H56O6Si. The highest BCUT2D eigenvalue weighted by Crippen LogP contribution is 2.45. The Balaban J connectivity index is 1.59. The molecule has 2 aliphatic carbocycles. The monoisotopic (exact) mass is 588 g/mol.